The first-order chi connectivity index (χ1) is 30.3. The molecule has 0 saturated carbocycles. The van der Waals surface area contributed by atoms with Crippen molar-refractivity contribution in [3.63, 3.8) is 0 Å². The maximum absolute atomic E-state index is 12.0. The first-order valence-electron chi connectivity index (χ1n) is 21.0. The van der Waals surface area contributed by atoms with Gasteiger partial charge in [-0.2, -0.15) is 0 Å². The largest absolute Gasteiger partial charge is 0.444 e. The van der Waals surface area contributed by atoms with Crippen LogP contribution in [-0.2, 0) is 14.2 Å². The number of aromatic nitrogens is 3. The summed E-state index contributed by atoms with van der Waals surface area (Å²) in [7, 11) is 0. The highest BCUT2D eigenvalue weighted by Crippen LogP contribution is 2.28. The lowest BCUT2D eigenvalue weighted by Crippen LogP contribution is -2.50. The number of carbonyl (C=O) groups excluding carboxylic acids is 3. The average Bonchev–Trinajstić information content (AvgIpc) is 3.23. The van der Waals surface area contributed by atoms with E-state index >= 15 is 0 Å². The molecule has 22 nitrogen and oxygen atoms in total. The molecule has 3 fully saturated rings. The van der Waals surface area contributed by atoms with Gasteiger partial charge < -0.3 is 49.8 Å². The average molecular weight is 931 g/mol. The summed E-state index contributed by atoms with van der Waals surface area (Å²) in [4.78, 5) is 76.1. The van der Waals surface area contributed by atoms with E-state index in [4.69, 9.17) is 31.5 Å². The van der Waals surface area contributed by atoms with Crippen molar-refractivity contribution < 1.29 is 38.4 Å². The van der Waals surface area contributed by atoms with Crippen molar-refractivity contribution >= 4 is 58.3 Å². The van der Waals surface area contributed by atoms with Gasteiger partial charge in [-0.25, -0.2) is 14.4 Å². The van der Waals surface area contributed by atoms with Crippen LogP contribution in [0.25, 0.3) is 0 Å². The van der Waals surface area contributed by atoms with Crippen LogP contribution in [0.4, 0.5) is 42.8 Å². The SMILES string of the molecule is CC(C)(C)OC(=O)N1CCN(c2ccncc2N)CC1.CC(C)(C)OC(=O)N1CCN(c2ccncc2[N+](=O)[O-])CC1.CC(C)(C)OC(=O)N1CCNCC1.O=[N+]([O-])c1cnccc1Cl. The molecule has 3 N–H and O–H groups in total. The Hall–Kier alpha value is -6.29. The molecule has 3 aromatic rings. The van der Waals surface area contributed by atoms with E-state index in [0.29, 0.717) is 50.6 Å². The number of nitrogen functional groups attached to an aromatic ring is 1. The third-order valence-corrected chi connectivity index (χ3v) is 9.38. The van der Waals surface area contributed by atoms with Gasteiger partial charge in [0.1, 0.15) is 39.9 Å². The minimum Gasteiger partial charge on any atom is -0.444 e. The number of nitrogens with two attached hydrogens (primary N) is 1. The molecule has 358 valence electrons. The van der Waals surface area contributed by atoms with E-state index in [1.807, 2.05) is 73.3 Å². The second-order valence-electron chi connectivity index (χ2n) is 17.8. The lowest BCUT2D eigenvalue weighted by Gasteiger charge is -2.37. The fourth-order valence-corrected chi connectivity index (χ4v) is 6.24. The van der Waals surface area contributed by atoms with E-state index in [1.54, 1.807) is 33.2 Å². The van der Waals surface area contributed by atoms with Gasteiger partial charge in [0.2, 0.25) is 0 Å². The highest BCUT2D eigenvalue weighted by atomic mass is 35.5. The third kappa shape index (κ3) is 18.8. The summed E-state index contributed by atoms with van der Waals surface area (Å²) in [6.45, 7) is 24.7. The van der Waals surface area contributed by atoms with Crippen LogP contribution in [0.1, 0.15) is 62.3 Å². The summed E-state index contributed by atoms with van der Waals surface area (Å²) >= 11 is 5.44. The number of pyridine rings is 3. The van der Waals surface area contributed by atoms with Gasteiger partial charge in [-0.15, -0.1) is 0 Å². The predicted molar refractivity (Wildman–Crippen MR) is 246 cm³/mol. The summed E-state index contributed by atoms with van der Waals surface area (Å²) in [5.41, 5.74) is 6.54. The Morgan fingerprint density at radius 2 is 0.938 bits per heavy atom. The number of nitrogens with one attached hydrogen (secondary N) is 1. The zero-order valence-electron chi connectivity index (χ0n) is 38.7. The van der Waals surface area contributed by atoms with E-state index in [2.05, 4.69) is 25.2 Å². The Balaban J connectivity index is 0.000000240. The highest BCUT2D eigenvalue weighted by Gasteiger charge is 2.29. The van der Waals surface area contributed by atoms with Gasteiger partial charge in [-0.3, -0.25) is 35.2 Å². The number of halogens is 1. The van der Waals surface area contributed by atoms with Crippen LogP contribution in [0, 0.1) is 20.2 Å². The molecule has 3 saturated heterocycles. The molecule has 3 aliphatic rings. The Kier molecular flexibility index (Phi) is 19.7. The van der Waals surface area contributed by atoms with Crippen LogP contribution in [0.15, 0.2) is 55.4 Å². The van der Waals surface area contributed by atoms with Crippen molar-refractivity contribution in [1.82, 2.24) is 35.0 Å². The van der Waals surface area contributed by atoms with Crippen LogP contribution in [-0.4, -0.2) is 153 Å². The van der Waals surface area contributed by atoms with Crippen LogP contribution >= 0.6 is 11.6 Å². The molecule has 0 radical (unpaired) electrons. The predicted octanol–water partition coefficient (Wildman–Crippen LogP) is 6.24. The van der Waals surface area contributed by atoms with E-state index < -0.39 is 21.0 Å². The molecular weight excluding hydrogens is 868 g/mol. The van der Waals surface area contributed by atoms with E-state index in [9.17, 15) is 34.6 Å². The molecule has 0 unspecified atom stereocenters. The van der Waals surface area contributed by atoms with E-state index in [1.165, 1.54) is 24.7 Å². The zero-order valence-corrected chi connectivity index (χ0v) is 39.4. The molecule has 3 aromatic heterocycles. The molecular formula is C42H63ClN12O10. The monoisotopic (exact) mass is 930 g/mol. The number of nitro groups is 2. The Labute approximate surface area is 384 Å². The van der Waals surface area contributed by atoms with Crippen molar-refractivity contribution in [3.8, 4) is 0 Å². The van der Waals surface area contributed by atoms with Gasteiger partial charge >= 0.3 is 29.7 Å². The zero-order chi connectivity index (χ0) is 48.5. The number of hydrogen-bond acceptors (Lipinski definition) is 17. The first-order valence-corrected chi connectivity index (χ1v) is 21.4. The van der Waals surface area contributed by atoms with E-state index in [0.717, 1.165) is 51.2 Å². The number of nitrogens with zero attached hydrogens (tertiary/aromatic N) is 10. The van der Waals surface area contributed by atoms with Gasteiger partial charge in [-0.1, -0.05) is 11.6 Å². The van der Waals surface area contributed by atoms with Crippen LogP contribution in [0.3, 0.4) is 0 Å². The molecule has 3 aliphatic heterocycles. The second kappa shape index (κ2) is 24.1. The maximum atomic E-state index is 12.0. The number of ether oxygens (including phenoxy) is 3. The molecule has 0 spiro atoms. The Morgan fingerprint density at radius 3 is 1.31 bits per heavy atom. The molecule has 0 atom stereocenters. The standard InChI is InChI=1S/C14H20N4O4.C14H22N4O2.C9H18N2O2.C5H3ClN2O2/c1-14(2,3)22-13(19)17-8-6-16(7-9-17)11-4-5-15-10-12(11)18(20)21;1-14(2,3)20-13(19)18-8-6-17(7-9-18)12-4-5-16-10-11(12)15;1-9(2,3)13-8(12)11-6-4-10-5-7-11;6-4-1-2-7-3-5(4)8(9)10/h4-5,10H,6-9H2,1-3H3;4-5,10H,6-9,15H2,1-3H3;10H,4-7H2,1-3H3;1-3H. The lowest BCUT2D eigenvalue weighted by molar-refractivity contribution is -0.385. The van der Waals surface area contributed by atoms with Crippen molar-refractivity contribution in [1.29, 1.82) is 0 Å². The van der Waals surface area contributed by atoms with Gasteiger partial charge in [0.15, 0.2) is 0 Å². The van der Waals surface area contributed by atoms with Gasteiger partial charge in [-0.05, 0) is 80.5 Å². The van der Waals surface area contributed by atoms with Crippen molar-refractivity contribution in [2.45, 2.75) is 79.1 Å². The molecule has 65 heavy (non-hydrogen) atoms. The fraction of sp³-hybridized carbons (Fsp3) is 0.571. The number of anilines is 3. The van der Waals surface area contributed by atoms with Crippen molar-refractivity contribution in [2.75, 3.05) is 94.1 Å². The Morgan fingerprint density at radius 1 is 0.585 bits per heavy atom. The summed E-state index contributed by atoms with van der Waals surface area (Å²) in [5, 5.41) is 24.4. The number of hydrogen-bond donors (Lipinski definition) is 2. The molecule has 0 aliphatic carbocycles. The summed E-state index contributed by atoms with van der Waals surface area (Å²) in [5.74, 6) is 0. The molecule has 3 amide bonds. The number of piperazine rings is 3. The van der Waals surface area contributed by atoms with Crippen LogP contribution < -0.4 is 20.9 Å². The van der Waals surface area contributed by atoms with Crippen LogP contribution in [0.2, 0.25) is 5.02 Å². The van der Waals surface area contributed by atoms with Gasteiger partial charge in [0.25, 0.3) is 0 Å². The highest BCUT2D eigenvalue weighted by molar-refractivity contribution is 6.32. The fourth-order valence-electron chi connectivity index (χ4n) is 6.06. The Bertz CT molecular complexity index is 2040. The molecule has 23 heteroatoms. The number of carbonyl (C=O) groups is 3. The summed E-state index contributed by atoms with van der Waals surface area (Å²) < 4.78 is 15.9. The quantitative estimate of drug-likeness (QED) is 0.167. The molecule has 6 heterocycles. The summed E-state index contributed by atoms with van der Waals surface area (Å²) in [6, 6.07) is 4.90. The van der Waals surface area contributed by atoms with Gasteiger partial charge in [0, 0.05) is 97.1 Å². The van der Waals surface area contributed by atoms with E-state index in [-0.39, 0.29) is 40.3 Å². The minimum absolute atomic E-state index is 0.0202. The minimum atomic E-state index is -0.574. The normalized spacial score (nSPS) is 15.4. The molecule has 0 bridgehead atoms. The number of amides is 3. The third-order valence-electron chi connectivity index (χ3n) is 9.06. The first kappa shape index (κ1) is 53.1. The topological polar surface area (TPSA) is 258 Å². The molecule has 0 aromatic carbocycles. The maximum Gasteiger partial charge on any atom is 0.410 e. The van der Waals surface area contributed by atoms with Crippen molar-refractivity contribution in [2.24, 2.45) is 0 Å². The second-order valence-corrected chi connectivity index (χ2v) is 18.2. The van der Waals surface area contributed by atoms with Crippen molar-refractivity contribution in [3.05, 3.63) is 80.6 Å². The summed E-state index contributed by atoms with van der Waals surface area (Å²) in [6.07, 6.45) is 7.86. The molecule has 6 rings (SSSR count). The number of rotatable bonds is 4. The smallest absolute Gasteiger partial charge is 0.410 e. The van der Waals surface area contributed by atoms with Gasteiger partial charge in [0.05, 0.1) is 27.4 Å². The van der Waals surface area contributed by atoms with Crippen LogP contribution in [0.5, 0.6) is 0 Å². The lowest BCUT2D eigenvalue weighted by atomic mass is 10.2.